The van der Waals surface area contributed by atoms with Crippen LogP contribution < -0.4 is 14.5 Å². The number of hydrogen-bond acceptors (Lipinski definition) is 4. The molecule has 0 saturated heterocycles. The number of anilines is 4. The van der Waals surface area contributed by atoms with Gasteiger partial charge in [0, 0.05) is 72.5 Å². The van der Waals surface area contributed by atoms with E-state index in [9.17, 15) is 0 Å². The van der Waals surface area contributed by atoms with E-state index in [2.05, 4.69) is 220 Å². The topological polar surface area (TPSA) is 33.5 Å². The molecule has 0 unspecified atom stereocenters. The Morgan fingerprint density at radius 2 is 1.19 bits per heavy atom. The first-order valence-electron chi connectivity index (χ1n) is 21.0. The van der Waals surface area contributed by atoms with Gasteiger partial charge in [0.15, 0.2) is 0 Å². The molecule has 0 saturated carbocycles. The van der Waals surface area contributed by atoms with Crippen molar-refractivity contribution in [2.75, 3.05) is 9.80 Å². The predicted molar refractivity (Wildman–Crippen MR) is 252 cm³/mol. The Morgan fingerprint density at radius 1 is 0.532 bits per heavy atom. The van der Waals surface area contributed by atoms with Crippen LogP contribution in [0.3, 0.4) is 0 Å². The summed E-state index contributed by atoms with van der Waals surface area (Å²) >= 11 is 0. The molecule has 1 aliphatic heterocycles. The first kappa shape index (κ1) is 41.0. The van der Waals surface area contributed by atoms with Crippen molar-refractivity contribution < 1.29 is 25.8 Å². The Bertz CT molecular complexity index is 3070. The Kier molecular flexibility index (Phi) is 10.7. The van der Waals surface area contributed by atoms with Crippen molar-refractivity contribution in [1.29, 1.82) is 0 Å². The zero-order valence-corrected chi connectivity index (χ0v) is 38.0. The molecule has 0 spiro atoms. The molecule has 5 nitrogen and oxygen atoms in total. The minimum atomic E-state index is -0.0427. The third-order valence-corrected chi connectivity index (χ3v) is 11.7. The molecule has 10 rings (SSSR count). The number of fused-ring (bicyclic) bond motifs is 4. The molecule has 6 heteroatoms. The number of aromatic nitrogens is 2. The molecule has 2 aromatic heterocycles. The van der Waals surface area contributed by atoms with Crippen molar-refractivity contribution in [3.05, 3.63) is 200 Å². The Balaban J connectivity index is 0.00000490. The first-order valence-corrected chi connectivity index (χ1v) is 21.0. The van der Waals surface area contributed by atoms with E-state index < -0.39 is 0 Å². The van der Waals surface area contributed by atoms with E-state index in [0.717, 1.165) is 72.6 Å². The largest absolute Gasteiger partial charge is 0.509 e. The summed E-state index contributed by atoms with van der Waals surface area (Å²) in [5, 5.41) is 2.23. The van der Waals surface area contributed by atoms with Crippen LogP contribution in [-0.4, -0.2) is 9.55 Å². The van der Waals surface area contributed by atoms with Gasteiger partial charge in [-0.15, -0.1) is 48.1 Å². The summed E-state index contributed by atoms with van der Waals surface area (Å²) in [7, 11) is 0. The van der Waals surface area contributed by atoms with E-state index in [1.165, 1.54) is 11.1 Å². The average Bonchev–Trinajstić information content (AvgIpc) is 3.83. The van der Waals surface area contributed by atoms with E-state index in [-0.39, 0.29) is 31.9 Å². The molecule has 7 aromatic carbocycles. The number of nitrogens with zero attached hydrogens (tertiary/aromatic N) is 4. The van der Waals surface area contributed by atoms with E-state index in [4.69, 9.17) is 9.72 Å². The van der Waals surface area contributed by atoms with Crippen LogP contribution in [0.1, 0.15) is 52.7 Å². The van der Waals surface area contributed by atoms with Crippen molar-refractivity contribution in [2.24, 2.45) is 0 Å². The minimum Gasteiger partial charge on any atom is -0.509 e. The number of hydrogen-bond donors (Lipinski definition) is 0. The summed E-state index contributed by atoms with van der Waals surface area (Å²) in [5.41, 5.74) is 13.1. The number of ether oxygens (including phenoxy) is 1. The predicted octanol–water partition coefficient (Wildman–Crippen LogP) is 14.9. The van der Waals surface area contributed by atoms with Crippen molar-refractivity contribution in [3.63, 3.8) is 0 Å². The first-order chi connectivity index (χ1) is 29.5. The molecule has 0 bridgehead atoms. The zero-order valence-electron chi connectivity index (χ0n) is 35.8. The van der Waals surface area contributed by atoms with Gasteiger partial charge in [-0.3, -0.25) is 0 Å². The molecular weight excluding hydrogens is 940 g/mol. The molecular formula is C56H47N4OPt-3. The fourth-order valence-electron chi connectivity index (χ4n) is 8.43. The molecule has 3 heterocycles. The standard InChI is InChI=1S/C56H47N4O.Pt/c1-55(2,3)40-27-29-45(38-17-9-7-10-18-38)51(33-40)59-37-58(54-46(24-16-26-50(54)59)39-19-11-8-12-20-39)42-21-15-22-43(35-42)61-44-28-30-48-47-23-13-14-25-49(47)60(52(48)36-44)53-34-41(31-32-57-53)56(4,5)6;/h7-34,37H,1-6H3;/q-3;. The summed E-state index contributed by atoms with van der Waals surface area (Å²) in [6.45, 7) is 15.7. The van der Waals surface area contributed by atoms with Gasteiger partial charge in [-0.05, 0) is 68.8 Å². The SMILES string of the molecule is CC(C)(C)c1ccnc(-n2c3[c-]c(Oc4[c-]c(N5[CH-]N(c6cc(C(C)(C)C)ccc6-c6ccccc6)c6cccc(-c7ccccc7)c65)ccc4)ccc3c3ccccc32)c1.[Pt]. The number of rotatable bonds is 7. The van der Waals surface area contributed by atoms with Crippen molar-refractivity contribution in [3.8, 4) is 39.6 Å². The fraction of sp³-hybridized carbons (Fsp3) is 0.143. The molecule has 310 valence electrons. The molecule has 1 aliphatic rings. The number of para-hydroxylation sites is 2. The van der Waals surface area contributed by atoms with E-state index in [1.54, 1.807) is 0 Å². The maximum atomic E-state index is 6.70. The van der Waals surface area contributed by atoms with Crippen LogP contribution in [0.4, 0.5) is 22.7 Å². The second-order valence-corrected chi connectivity index (χ2v) is 17.8. The molecule has 0 atom stereocenters. The number of benzene rings is 7. The van der Waals surface area contributed by atoms with E-state index >= 15 is 0 Å². The van der Waals surface area contributed by atoms with Crippen LogP contribution in [0, 0.1) is 18.8 Å². The molecule has 0 aliphatic carbocycles. The summed E-state index contributed by atoms with van der Waals surface area (Å²) in [6.07, 6.45) is 1.90. The second kappa shape index (κ2) is 16.1. The molecule has 0 N–H and O–H groups in total. The molecule has 0 radical (unpaired) electrons. The van der Waals surface area contributed by atoms with E-state index in [0.29, 0.717) is 11.5 Å². The Morgan fingerprint density at radius 3 is 1.94 bits per heavy atom. The van der Waals surface area contributed by atoms with Gasteiger partial charge < -0.3 is 19.1 Å². The third-order valence-electron chi connectivity index (χ3n) is 11.7. The minimum absolute atomic E-state index is 0. The molecule has 0 fully saturated rings. The van der Waals surface area contributed by atoms with Crippen LogP contribution in [0.5, 0.6) is 11.5 Å². The van der Waals surface area contributed by atoms with Crippen LogP contribution >= 0.6 is 0 Å². The number of pyridine rings is 1. The summed E-state index contributed by atoms with van der Waals surface area (Å²) in [5.74, 6) is 2.04. The van der Waals surface area contributed by atoms with Gasteiger partial charge in [0.25, 0.3) is 0 Å². The summed E-state index contributed by atoms with van der Waals surface area (Å²) < 4.78 is 8.89. The van der Waals surface area contributed by atoms with Crippen LogP contribution in [0.25, 0.3) is 49.9 Å². The Hall–Kier alpha value is -6.42. The van der Waals surface area contributed by atoms with Gasteiger partial charge in [-0.25, -0.2) is 4.98 Å². The van der Waals surface area contributed by atoms with Crippen molar-refractivity contribution in [1.82, 2.24) is 9.55 Å². The fourth-order valence-corrected chi connectivity index (χ4v) is 8.43. The monoisotopic (exact) mass is 986 g/mol. The van der Waals surface area contributed by atoms with Gasteiger partial charge >= 0.3 is 0 Å². The normalized spacial score (nSPS) is 12.7. The summed E-state index contributed by atoms with van der Waals surface area (Å²) in [4.78, 5) is 9.45. The maximum Gasteiger partial charge on any atom is 0.135 e. The maximum absolute atomic E-state index is 6.70. The third kappa shape index (κ3) is 7.49. The average molecular weight is 987 g/mol. The van der Waals surface area contributed by atoms with Crippen molar-refractivity contribution >= 4 is 44.6 Å². The zero-order chi connectivity index (χ0) is 41.9. The molecule has 0 amide bonds. The van der Waals surface area contributed by atoms with Gasteiger partial charge in [0.05, 0.1) is 0 Å². The van der Waals surface area contributed by atoms with Crippen LogP contribution in [0.15, 0.2) is 170 Å². The van der Waals surface area contributed by atoms with Gasteiger partial charge in [-0.2, -0.15) is 12.1 Å². The smallest absolute Gasteiger partial charge is 0.135 e. The van der Waals surface area contributed by atoms with Gasteiger partial charge in [0.1, 0.15) is 5.82 Å². The second-order valence-electron chi connectivity index (χ2n) is 17.8. The van der Waals surface area contributed by atoms with Crippen LogP contribution in [-0.2, 0) is 31.9 Å². The van der Waals surface area contributed by atoms with E-state index in [1.807, 2.05) is 24.4 Å². The quantitative estimate of drug-likeness (QED) is 0.149. The summed E-state index contributed by atoms with van der Waals surface area (Å²) in [6, 6.07) is 65.0. The van der Waals surface area contributed by atoms with Crippen molar-refractivity contribution in [2.45, 2.75) is 52.4 Å². The molecule has 62 heavy (non-hydrogen) atoms. The van der Waals surface area contributed by atoms with Crippen LogP contribution in [0.2, 0.25) is 0 Å². The Labute approximate surface area is 379 Å². The van der Waals surface area contributed by atoms with Gasteiger partial charge in [0.2, 0.25) is 0 Å². The molecule has 9 aromatic rings. The van der Waals surface area contributed by atoms with Gasteiger partial charge in [-0.1, -0.05) is 150 Å².